The molecule has 0 bridgehead atoms. The van der Waals surface area contributed by atoms with E-state index in [0.29, 0.717) is 39.2 Å². The Labute approximate surface area is 197 Å². The number of aliphatic hydroxyl groups excluding tert-OH is 1. The van der Waals surface area contributed by atoms with E-state index in [1.165, 1.54) is 4.90 Å². The lowest BCUT2D eigenvalue weighted by atomic mass is 10.2. The molecule has 0 aromatic heterocycles. The number of carbonyl (C=O) groups is 2. The maximum Gasteiger partial charge on any atom is 0.410 e. The molecule has 0 unspecified atom stereocenters. The van der Waals surface area contributed by atoms with Crippen molar-refractivity contribution in [3.63, 3.8) is 0 Å². The normalized spacial score (nSPS) is 20.8. The maximum absolute atomic E-state index is 11.9. The molecule has 8 heteroatoms. The predicted molar refractivity (Wildman–Crippen MR) is 126 cm³/mol. The summed E-state index contributed by atoms with van der Waals surface area (Å²) in [5.41, 5.74) is 0.258. The minimum atomic E-state index is -0.454. The number of benzene rings is 1. The average molecular weight is 465 g/mol. The van der Waals surface area contributed by atoms with E-state index in [9.17, 15) is 14.7 Å². The van der Waals surface area contributed by atoms with Crippen molar-refractivity contribution in [3.05, 3.63) is 35.9 Å². The van der Waals surface area contributed by atoms with E-state index in [1.807, 2.05) is 71.9 Å². The van der Waals surface area contributed by atoms with Crippen LogP contribution in [0.25, 0.3) is 0 Å². The Bertz CT molecular complexity index is 756. The standard InChI is InChI=1S/C16H23NO3.C9H17NO3/c1-16(2,3)20-15(18)17-10-9-14(11-17)19-12-13-7-5-4-6-8-13;1-9(2,3)13-8(12)10-5-4-7(11)6-10/h4-8,14H,9-12H2,1-3H3;7,11H,4-6H2,1-3H3/t14-;7-/m11/s1. The van der Waals surface area contributed by atoms with Crippen LogP contribution in [0.15, 0.2) is 30.3 Å². The first kappa shape index (κ1) is 26.9. The van der Waals surface area contributed by atoms with Crippen molar-refractivity contribution >= 4 is 12.2 Å². The van der Waals surface area contributed by atoms with Crippen LogP contribution in [-0.4, -0.2) is 76.7 Å². The van der Waals surface area contributed by atoms with E-state index in [0.717, 1.165) is 12.0 Å². The summed E-state index contributed by atoms with van der Waals surface area (Å²) in [6.07, 6.45) is 0.660. The monoisotopic (exact) mass is 464 g/mol. The number of nitrogens with zero attached hydrogens (tertiary/aromatic N) is 2. The predicted octanol–water partition coefficient (Wildman–Crippen LogP) is 4.20. The molecular weight excluding hydrogens is 424 g/mol. The summed E-state index contributed by atoms with van der Waals surface area (Å²) in [6, 6.07) is 10.1. The largest absolute Gasteiger partial charge is 0.444 e. The lowest BCUT2D eigenvalue weighted by Crippen LogP contribution is -2.36. The number of rotatable bonds is 3. The van der Waals surface area contributed by atoms with Gasteiger partial charge >= 0.3 is 12.2 Å². The Balaban J connectivity index is 0.000000257. The Morgan fingerprint density at radius 1 is 0.879 bits per heavy atom. The molecule has 2 saturated heterocycles. The highest BCUT2D eigenvalue weighted by atomic mass is 16.6. The molecule has 2 heterocycles. The van der Waals surface area contributed by atoms with Gasteiger partial charge in [0.25, 0.3) is 0 Å². The molecule has 3 rings (SSSR count). The van der Waals surface area contributed by atoms with E-state index in [1.54, 1.807) is 4.90 Å². The Morgan fingerprint density at radius 2 is 1.39 bits per heavy atom. The third kappa shape index (κ3) is 10.4. The van der Waals surface area contributed by atoms with Crippen molar-refractivity contribution in [1.29, 1.82) is 0 Å². The van der Waals surface area contributed by atoms with Crippen LogP contribution < -0.4 is 0 Å². The Hall–Kier alpha value is -2.32. The number of β-amino-alcohol motifs (C(OH)–C–C–N with tert-alkyl or cyclic N) is 1. The molecule has 0 spiro atoms. The fourth-order valence-electron chi connectivity index (χ4n) is 3.38. The lowest BCUT2D eigenvalue weighted by Gasteiger charge is -2.24. The molecule has 0 saturated carbocycles. The molecule has 2 amide bonds. The average Bonchev–Trinajstić information content (AvgIpc) is 3.34. The van der Waals surface area contributed by atoms with Gasteiger partial charge in [-0.05, 0) is 59.9 Å². The number of amides is 2. The van der Waals surface area contributed by atoms with Gasteiger partial charge in [0.15, 0.2) is 0 Å². The SMILES string of the molecule is CC(C)(C)OC(=O)N1CC[C@@H](O)C1.CC(C)(C)OC(=O)N1CC[C@@H](OCc2ccccc2)C1. The zero-order valence-corrected chi connectivity index (χ0v) is 20.9. The summed E-state index contributed by atoms with van der Waals surface area (Å²) in [5, 5.41) is 9.20. The third-order valence-electron chi connectivity index (χ3n) is 4.94. The summed E-state index contributed by atoms with van der Waals surface area (Å²) < 4.78 is 16.4. The van der Waals surface area contributed by atoms with Gasteiger partial charge in [-0.15, -0.1) is 0 Å². The summed E-state index contributed by atoms with van der Waals surface area (Å²) in [4.78, 5) is 26.6. The van der Waals surface area contributed by atoms with Crippen LogP contribution in [0.4, 0.5) is 9.59 Å². The van der Waals surface area contributed by atoms with Gasteiger partial charge < -0.3 is 29.1 Å². The van der Waals surface area contributed by atoms with Crippen LogP contribution in [-0.2, 0) is 20.8 Å². The molecule has 8 nitrogen and oxygen atoms in total. The van der Waals surface area contributed by atoms with Gasteiger partial charge in [0.05, 0.1) is 25.4 Å². The summed E-state index contributed by atoms with van der Waals surface area (Å²) in [7, 11) is 0. The van der Waals surface area contributed by atoms with Gasteiger partial charge in [-0.1, -0.05) is 30.3 Å². The van der Waals surface area contributed by atoms with Gasteiger partial charge in [0, 0.05) is 19.6 Å². The third-order valence-corrected chi connectivity index (χ3v) is 4.94. The summed E-state index contributed by atoms with van der Waals surface area (Å²) in [6.45, 7) is 14.0. The zero-order chi connectivity index (χ0) is 24.6. The molecule has 0 radical (unpaired) electrons. The van der Waals surface area contributed by atoms with Crippen molar-refractivity contribution in [2.75, 3.05) is 26.2 Å². The first-order valence-corrected chi connectivity index (χ1v) is 11.6. The molecule has 2 aliphatic rings. The number of carbonyl (C=O) groups excluding carboxylic acids is 2. The second-order valence-corrected chi connectivity index (χ2v) is 10.5. The Kier molecular flexibility index (Phi) is 9.55. The van der Waals surface area contributed by atoms with Crippen molar-refractivity contribution in [2.45, 2.75) is 84.4 Å². The van der Waals surface area contributed by atoms with Crippen LogP contribution in [0.1, 0.15) is 59.9 Å². The molecular formula is C25H40N2O6. The van der Waals surface area contributed by atoms with Crippen LogP contribution in [0.2, 0.25) is 0 Å². The highest BCUT2D eigenvalue weighted by Gasteiger charge is 2.30. The topological polar surface area (TPSA) is 88.5 Å². The van der Waals surface area contributed by atoms with Crippen molar-refractivity contribution in [3.8, 4) is 0 Å². The molecule has 2 fully saturated rings. The van der Waals surface area contributed by atoms with Gasteiger partial charge in [-0.2, -0.15) is 0 Å². The minimum Gasteiger partial charge on any atom is -0.444 e. The number of hydrogen-bond acceptors (Lipinski definition) is 6. The van der Waals surface area contributed by atoms with E-state index in [-0.39, 0.29) is 24.4 Å². The molecule has 2 atom stereocenters. The van der Waals surface area contributed by atoms with Crippen molar-refractivity contribution in [2.24, 2.45) is 0 Å². The quantitative estimate of drug-likeness (QED) is 0.721. The highest BCUT2D eigenvalue weighted by Crippen LogP contribution is 2.18. The zero-order valence-electron chi connectivity index (χ0n) is 20.9. The molecule has 186 valence electrons. The van der Waals surface area contributed by atoms with Crippen molar-refractivity contribution < 1.29 is 28.9 Å². The molecule has 33 heavy (non-hydrogen) atoms. The smallest absolute Gasteiger partial charge is 0.410 e. The van der Waals surface area contributed by atoms with E-state index < -0.39 is 11.2 Å². The molecule has 2 aliphatic heterocycles. The fraction of sp³-hybridized carbons (Fsp3) is 0.680. The van der Waals surface area contributed by atoms with Crippen molar-refractivity contribution in [1.82, 2.24) is 9.80 Å². The summed E-state index contributed by atoms with van der Waals surface area (Å²) in [5.74, 6) is 0. The molecule has 1 aromatic carbocycles. The van der Waals surface area contributed by atoms with Crippen LogP contribution >= 0.6 is 0 Å². The molecule has 0 aliphatic carbocycles. The minimum absolute atomic E-state index is 0.0997. The fourth-order valence-corrected chi connectivity index (χ4v) is 3.38. The van der Waals surface area contributed by atoms with E-state index in [4.69, 9.17) is 14.2 Å². The first-order valence-electron chi connectivity index (χ1n) is 11.6. The van der Waals surface area contributed by atoms with Crippen LogP contribution in [0.5, 0.6) is 0 Å². The van der Waals surface area contributed by atoms with E-state index >= 15 is 0 Å². The number of likely N-dealkylation sites (tertiary alicyclic amines) is 2. The lowest BCUT2D eigenvalue weighted by molar-refractivity contribution is 0.0184. The summed E-state index contributed by atoms with van der Waals surface area (Å²) >= 11 is 0. The maximum atomic E-state index is 11.9. The van der Waals surface area contributed by atoms with Crippen LogP contribution in [0.3, 0.4) is 0 Å². The van der Waals surface area contributed by atoms with Gasteiger partial charge in [-0.25, -0.2) is 9.59 Å². The van der Waals surface area contributed by atoms with Gasteiger partial charge in [-0.3, -0.25) is 0 Å². The van der Waals surface area contributed by atoms with Gasteiger partial charge in [0.1, 0.15) is 11.2 Å². The number of ether oxygens (including phenoxy) is 3. The Morgan fingerprint density at radius 3 is 1.88 bits per heavy atom. The van der Waals surface area contributed by atoms with Crippen LogP contribution in [0, 0.1) is 0 Å². The number of aliphatic hydroxyl groups is 1. The first-order chi connectivity index (χ1) is 15.3. The highest BCUT2D eigenvalue weighted by molar-refractivity contribution is 5.69. The number of hydrogen-bond donors (Lipinski definition) is 1. The second-order valence-electron chi connectivity index (χ2n) is 10.5. The molecule has 1 aromatic rings. The van der Waals surface area contributed by atoms with Gasteiger partial charge in [0.2, 0.25) is 0 Å². The van der Waals surface area contributed by atoms with E-state index in [2.05, 4.69) is 0 Å². The second kappa shape index (κ2) is 11.7. The molecule has 1 N–H and O–H groups in total.